The van der Waals surface area contributed by atoms with E-state index in [4.69, 9.17) is 69.6 Å². The summed E-state index contributed by atoms with van der Waals surface area (Å²) in [5, 5.41) is 0.279. The maximum atomic E-state index is 5.68. The molecular formula is C12H10Cl6. The number of fused-ring (bicyclic) bond motifs is 2. The monoisotopic (exact) mass is 364 g/mol. The second-order valence-electron chi connectivity index (χ2n) is 4.55. The Labute approximate surface area is 136 Å². The number of hydrogen-bond donors (Lipinski definition) is 0. The van der Waals surface area contributed by atoms with Crippen molar-refractivity contribution < 1.29 is 0 Å². The highest BCUT2D eigenvalue weighted by Crippen LogP contribution is 2.53. The highest BCUT2D eigenvalue weighted by Gasteiger charge is 2.42. The van der Waals surface area contributed by atoms with E-state index >= 15 is 0 Å². The molecular weight excluding hydrogens is 357 g/mol. The Balaban J connectivity index is 0.000000146. The fraction of sp³-hybridized carbons (Fsp3) is 0.500. The van der Waals surface area contributed by atoms with Crippen molar-refractivity contribution >= 4 is 69.6 Å². The van der Waals surface area contributed by atoms with Gasteiger partial charge in [-0.2, -0.15) is 0 Å². The first-order chi connectivity index (χ1) is 8.34. The lowest BCUT2D eigenvalue weighted by molar-refractivity contribution is 0.691. The van der Waals surface area contributed by atoms with E-state index in [1.165, 1.54) is 19.3 Å². The Morgan fingerprint density at radius 2 is 1.22 bits per heavy atom. The Hall–Kier alpha value is 0.960. The van der Waals surface area contributed by atoms with Crippen molar-refractivity contribution in [1.29, 1.82) is 0 Å². The van der Waals surface area contributed by atoms with Crippen molar-refractivity contribution in [3.8, 4) is 0 Å². The van der Waals surface area contributed by atoms with Crippen LogP contribution >= 0.6 is 69.6 Å². The van der Waals surface area contributed by atoms with Crippen LogP contribution in [0.4, 0.5) is 0 Å². The highest BCUT2D eigenvalue weighted by molar-refractivity contribution is 6.67. The predicted octanol–water partition coefficient (Wildman–Crippen LogP) is 6.52. The normalized spacial score (nSPS) is 32.1. The molecule has 1 fully saturated rings. The Morgan fingerprint density at radius 1 is 0.833 bits per heavy atom. The minimum absolute atomic E-state index is 0.0394. The summed E-state index contributed by atoms with van der Waals surface area (Å²) in [6, 6.07) is 0. The SMILES string of the molecule is C1=CC2CCC1C2.ClC1=C(Cl)C(Cl)(Cl)C(Cl)=C1Cl. The van der Waals surface area contributed by atoms with E-state index in [0.29, 0.717) is 0 Å². The van der Waals surface area contributed by atoms with E-state index in [0.717, 1.165) is 11.8 Å². The van der Waals surface area contributed by atoms with E-state index in [1.54, 1.807) is 0 Å². The maximum Gasteiger partial charge on any atom is 0.191 e. The van der Waals surface area contributed by atoms with Crippen LogP contribution in [0.25, 0.3) is 0 Å². The second kappa shape index (κ2) is 5.76. The van der Waals surface area contributed by atoms with Gasteiger partial charge in [-0.1, -0.05) is 81.8 Å². The molecule has 0 amide bonds. The molecule has 0 aromatic carbocycles. The third-order valence-electron chi connectivity index (χ3n) is 3.30. The summed E-state index contributed by atoms with van der Waals surface area (Å²) in [5.41, 5.74) is 0. The molecule has 0 spiro atoms. The minimum atomic E-state index is -1.47. The van der Waals surface area contributed by atoms with Crippen LogP contribution in [0.5, 0.6) is 0 Å². The molecule has 0 aliphatic heterocycles. The molecule has 0 aromatic rings. The Kier molecular flexibility index (Phi) is 4.91. The number of halogens is 6. The lowest BCUT2D eigenvalue weighted by Gasteiger charge is -2.11. The van der Waals surface area contributed by atoms with E-state index in [1.807, 2.05) is 0 Å². The topological polar surface area (TPSA) is 0 Å². The summed E-state index contributed by atoms with van der Waals surface area (Å²) in [6.45, 7) is 0. The van der Waals surface area contributed by atoms with Crippen molar-refractivity contribution in [2.45, 2.75) is 23.6 Å². The predicted molar refractivity (Wildman–Crippen MR) is 81.9 cm³/mol. The van der Waals surface area contributed by atoms with E-state index in [-0.39, 0.29) is 20.1 Å². The molecule has 0 radical (unpaired) electrons. The van der Waals surface area contributed by atoms with Crippen LogP contribution in [-0.2, 0) is 0 Å². The van der Waals surface area contributed by atoms with Crippen LogP contribution in [0.2, 0.25) is 0 Å². The molecule has 2 atom stereocenters. The molecule has 0 nitrogen and oxygen atoms in total. The lowest BCUT2D eigenvalue weighted by Crippen LogP contribution is -2.09. The van der Waals surface area contributed by atoms with Gasteiger partial charge in [0.15, 0.2) is 4.33 Å². The molecule has 18 heavy (non-hydrogen) atoms. The molecule has 3 rings (SSSR count). The number of allylic oxidation sites excluding steroid dienone is 6. The van der Waals surface area contributed by atoms with Crippen molar-refractivity contribution in [1.82, 2.24) is 0 Å². The first-order valence-electron chi connectivity index (χ1n) is 5.52. The molecule has 0 saturated heterocycles. The van der Waals surface area contributed by atoms with Crippen LogP contribution in [-0.4, -0.2) is 4.33 Å². The first-order valence-corrected chi connectivity index (χ1v) is 7.78. The second-order valence-corrected chi connectivity index (χ2v) is 7.39. The Bertz CT molecular complexity index is 407. The summed E-state index contributed by atoms with van der Waals surface area (Å²) < 4.78 is -1.47. The number of hydrogen-bond acceptors (Lipinski definition) is 0. The van der Waals surface area contributed by atoms with Crippen molar-refractivity contribution in [2.24, 2.45) is 11.8 Å². The quantitative estimate of drug-likeness (QED) is 0.338. The Morgan fingerprint density at radius 3 is 1.33 bits per heavy atom. The third-order valence-corrected chi connectivity index (χ3v) is 6.43. The van der Waals surface area contributed by atoms with Crippen molar-refractivity contribution in [3.63, 3.8) is 0 Å². The van der Waals surface area contributed by atoms with Crippen LogP contribution in [0.1, 0.15) is 19.3 Å². The first kappa shape index (κ1) is 15.4. The van der Waals surface area contributed by atoms with Gasteiger partial charge in [-0.15, -0.1) is 0 Å². The zero-order valence-electron chi connectivity index (χ0n) is 9.20. The van der Waals surface area contributed by atoms with Crippen molar-refractivity contribution in [2.75, 3.05) is 0 Å². The average molecular weight is 367 g/mol. The molecule has 2 bridgehead atoms. The minimum Gasteiger partial charge on any atom is -0.0888 e. The molecule has 1 saturated carbocycles. The van der Waals surface area contributed by atoms with Crippen LogP contribution < -0.4 is 0 Å². The molecule has 0 heterocycles. The standard InChI is InChI=1S/C7H10.C5Cl6/c1-2-7-4-3-6(1)5-7;6-1-2(7)4(9)5(10,11)3(1)8/h1-2,6-7H,3-5H2;. The molecule has 0 N–H and O–H groups in total. The summed E-state index contributed by atoms with van der Waals surface area (Å²) in [6.07, 6.45) is 9.19. The van der Waals surface area contributed by atoms with Gasteiger partial charge >= 0.3 is 0 Å². The van der Waals surface area contributed by atoms with E-state index in [2.05, 4.69) is 12.2 Å². The van der Waals surface area contributed by atoms with Crippen LogP contribution in [0.15, 0.2) is 32.3 Å². The maximum absolute atomic E-state index is 5.68. The smallest absolute Gasteiger partial charge is 0.0888 e. The fourth-order valence-electron chi connectivity index (χ4n) is 2.28. The van der Waals surface area contributed by atoms with Gasteiger partial charge in [0.05, 0.1) is 20.1 Å². The zero-order valence-corrected chi connectivity index (χ0v) is 13.7. The summed E-state index contributed by atoms with van der Waals surface area (Å²) in [7, 11) is 0. The van der Waals surface area contributed by atoms with Crippen LogP contribution in [0, 0.1) is 11.8 Å². The third kappa shape index (κ3) is 2.85. The van der Waals surface area contributed by atoms with E-state index in [9.17, 15) is 0 Å². The van der Waals surface area contributed by atoms with Gasteiger partial charge in [0.2, 0.25) is 0 Å². The van der Waals surface area contributed by atoms with Gasteiger partial charge in [-0.3, -0.25) is 0 Å². The summed E-state index contributed by atoms with van der Waals surface area (Å²) in [4.78, 5) is 0. The summed E-state index contributed by atoms with van der Waals surface area (Å²) >= 11 is 33.8. The number of alkyl halides is 2. The molecule has 6 heteroatoms. The van der Waals surface area contributed by atoms with Gasteiger partial charge in [0, 0.05) is 0 Å². The highest BCUT2D eigenvalue weighted by atomic mass is 35.5. The molecule has 3 aliphatic carbocycles. The molecule has 2 unspecified atom stereocenters. The van der Waals surface area contributed by atoms with Crippen LogP contribution in [0.3, 0.4) is 0 Å². The molecule has 100 valence electrons. The molecule has 3 aliphatic rings. The summed E-state index contributed by atoms with van der Waals surface area (Å²) in [5.74, 6) is 1.98. The largest absolute Gasteiger partial charge is 0.191 e. The van der Waals surface area contributed by atoms with Gasteiger partial charge < -0.3 is 0 Å². The van der Waals surface area contributed by atoms with Crippen molar-refractivity contribution in [3.05, 3.63) is 32.3 Å². The van der Waals surface area contributed by atoms with Gasteiger partial charge in [-0.25, -0.2) is 0 Å². The lowest BCUT2D eigenvalue weighted by atomic mass is 10.1. The number of rotatable bonds is 0. The zero-order chi connectivity index (χ0) is 13.5. The van der Waals surface area contributed by atoms with Gasteiger partial charge in [-0.05, 0) is 31.1 Å². The fourth-order valence-corrected chi connectivity index (χ4v) is 3.85. The van der Waals surface area contributed by atoms with Gasteiger partial charge in [0.1, 0.15) is 0 Å². The van der Waals surface area contributed by atoms with Gasteiger partial charge in [0.25, 0.3) is 0 Å². The molecule has 0 aromatic heterocycles. The average Bonchev–Trinajstić information content (AvgIpc) is 3.02. The van der Waals surface area contributed by atoms with E-state index < -0.39 is 4.33 Å².